The molecule has 2 heterocycles. The van der Waals surface area contributed by atoms with Crippen LogP contribution in [-0.4, -0.2) is 87.3 Å². The van der Waals surface area contributed by atoms with Crippen LogP contribution in [-0.2, 0) is 14.8 Å². The van der Waals surface area contributed by atoms with Crippen LogP contribution in [0, 0.1) is 6.92 Å². The first kappa shape index (κ1) is 22.2. The zero-order valence-electron chi connectivity index (χ0n) is 17.5. The fourth-order valence-corrected chi connectivity index (χ4v) is 5.54. The summed E-state index contributed by atoms with van der Waals surface area (Å²) in [7, 11) is -3.63. The third-order valence-electron chi connectivity index (χ3n) is 5.79. The molecule has 2 aliphatic rings. The fourth-order valence-electron chi connectivity index (χ4n) is 4.01. The first-order valence-electron chi connectivity index (χ1n) is 10.7. The van der Waals surface area contributed by atoms with Gasteiger partial charge >= 0.3 is 0 Å². The van der Waals surface area contributed by atoms with Gasteiger partial charge < -0.3 is 15.1 Å². The van der Waals surface area contributed by atoms with E-state index in [1.165, 1.54) is 23.6 Å². The molecule has 0 bridgehead atoms. The van der Waals surface area contributed by atoms with Crippen molar-refractivity contribution < 1.29 is 13.2 Å². The fraction of sp³-hybridized carbons (Fsp3) is 0.667. The number of nitrogens with one attached hydrogen (secondary N) is 1. The van der Waals surface area contributed by atoms with E-state index in [1.54, 1.807) is 18.2 Å². The number of carbonyl (C=O) groups is 1. The standard InChI is InChI=1S/C21H34N4O3S/c1-19-6-5-7-20(18-19)29(27,28)25(17-16-23-11-3-2-4-12-23)13-8-21(26)24-14-9-22-10-15-24/h5-7,18,22H,2-4,8-17H2,1H3. The Morgan fingerprint density at radius 3 is 2.48 bits per heavy atom. The van der Waals surface area contributed by atoms with Gasteiger partial charge in [-0.3, -0.25) is 4.79 Å². The van der Waals surface area contributed by atoms with Crippen molar-refractivity contribution in [1.82, 2.24) is 19.4 Å². The van der Waals surface area contributed by atoms with Crippen LogP contribution in [0.15, 0.2) is 29.2 Å². The molecule has 1 aromatic rings. The average Bonchev–Trinajstić information content (AvgIpc) is 2.74. The molecule has 0 aliphatic carbocycles. The number of hydrogen-bond acceptors (Lipinski definition) is 5. The summed E-state index contributed by atoms with van der Waals surface area (Å²) in [4.78, 5) is 17.1. The Kier molecular flexibility index (Phi) is 8.06. The molecule has 1 N–H and O–H groups in total. The van der Waals surface area contributed by atoms with Gasteiger partial charge in [-0.05, 0) is 50.6 Å². The number of likely N-dealkylation sites (tertiary alicyclic amines) is 1. The minimum absolute atomic E-state index is 0.0360. The zero-order valence-corrected chi connectivity index (χ0v) is 18.3. The van der Waals surface area contributed by atoms with E-state index in [1.807, 2.05) is 17.9 Å². The van der Waals surface area contributed by atoms with E-state index in [0.717, 1.165) is 31.7 Å². The quantitative estimate of drug-likeness (QED) is 0.684. The van der Waals surface area contributed by atoms with Gasteiger partial charge in [0.1, 0.15) is 0 Å². The van der Waals surface area contributed by atoms with Crippen LogP contribution in [0.4, 0.5) is 0 Å². The van der Waals surface area contributed by atoms with Gasteiger partial charge in [-0.15, -0.1) is 0 Å². The van der Waals surface area contributed by atoms with Gasteiger partial charge in [0.25, 0.3) is 0 Å². The number of piperidine rings is 1. The summed E-state index contributed by atoms with van der Waals surface area (Å²) in [6.45, 7) is 8.29. The number of nitrogens with zero attached hydrogens (tertiary/aromatic N) is 3. The van der Waals surface area contributed by atoms with Crippen LogP contribution in [0.5, 0.6) is 0 Å². The number of aryl methyl sites for hydroxylation is 1. The molecular formula is C21H34N4O3S. The second-order valence-electron chi connectivity index (χ2n) is 8.00. The maximum Gasteiger partial charge on any atom is 0.243 e. The normalized spacial score (nSPS) is 18.9. The number of hydrogen-bond donors (Lipinski definition) is 1. The van der Waals surface area contributed by atoms with E-state index in [9.17, 15) is 13.2 Å². The van der Waals surface area contributed by atoms with Crippen LogP contribution in [0.1, 0.15) is 31.2 Å². The van der Waals surface area contributed by atoms with Crippen molar-refractivity contribution in [2.45, 2.75) is 37.5 Å². The van der Waals surface area contributed by atoms with Gasteiger partial charge in [0, 0.05) is 52.2 Å². The van der Waals surface area contributed by atoms with Crippen molar-refractivity contribution in [2.24, 2.45) is 0 Å². The maximum atomic E-state index is 13.3. The summed E-state index contributed by atoms with van der Waals surface area (Å²) in [5.74, 6) is 0.0360. The Balaban J connectivity index is 1.68. The smallest absolute Gasteiger partial charge is 0.243 e. The molecule has 2 aliphatic heterocycles. The summed E-state index contributed by atoms with van der Waals surface area (Å²) in [5.41, 5.74) is 0.916. The topological polar surface area (TPSA) is 73.0 Å². The monoisotopic (exact) mass is 422 g/mol. The Labute approximate surface area is 175 Å². The van der Waals surface area contributed by atoms with E-state index >= 15 is 0 Å². The Hall–Kier alpha value is -1.48. The molecule has 0 atom stereocenters. The third-order valence-corrected chi connectivity index (χ3v) is 7.68. The van der Waals surface area contributed by atoms with Gasteiger partial charge in [0.15, 0.2) is 0 Å². The van der Waals surface area contributed by atoms with Gasteiger partial charge in [0.2, 0.25) is 15.9 Å². The second kappa shape index (κ2) is 10.5. The number of sulfonamides is 1. The molecule has 2 saturated heterocycles. The highest BCUT2D eigenvalue weighted by Gasteiger charge is 2.27. The van der Waals surface area contributed by atoms with Crippen molar-refractivity contribution >= 4 is 15.9 Å². The lowest BCUT2D eigenvalue weighted by Crippen LogP contribution is -2.47. The lowest BCUT2D eigenvalue weighted by atomic mass is 10.1. The molecule has 1 amide bonds. The van der Waals surface area contributed by atoms with E-state index in [4.69, 9.17) is 0 Å². The molecule has 0 saturated carbocycles. The largest absolute Gasteiger partial charge is 0.340 e. The molecule has 0 radical (unpaired) electrons. The van der Waals surface area contributed by atoms with Gasteiger partial charge in [0.05, 0.1) is 4.90 Å². The number of rotatable bonds is 8. The Morgan fingerprint density at radius 1 is 1.07 bits per heavy atom. The Morgan fingerprint density at radius 2 is 1.79 bits per heavy atom. The number of piperazine rings is 1. The predicted molar refractivity (Wildman–Crippen MR) is 114 cm³/mol. The highest BCUT2D eigenvalue weighted by atomic mass is 32.2. The van der Waals surface area contributed by atoms with Crippen molar-refractivity contribution in [2.75, 3.05) is 58.9 Å². The third kappa shape index (κ3) is 6.25. The van der Waals surface area contributed by atoms with Gasteiger partial charge in [-0.25, -0.2) is 8.42 Å². The second-order valence-corrected chi connectivity index (χ2v) is 9.94. The molecule has 0 aromatic heterocycles. The van der Waals surface area contributed by atoms with Crippen molar-refractivity contribution in [1.29, 1.82) is 0 Å². The van der Waals surface area contributed by atoms with Crippen LogP contribution in [0.2, 0.25) is 0 Å². The molecule has 7 nitrogen and oxygen atoms in total. The van der Waals surface area contributed by atoms with Crippen LogP contribution < -0.4 is 5.32 Å². The average molecular weight is 423 g/mol. The molecule has 8 heteroatoms. The summed E-state index contributed by atoms with van der Waals surface area (Å²) in [6, 6.07) is 7.03. The number of carbonyl (C=O) groups excluding carboxylic acids is 1. The van der Waals surface area contributed by atoms with Crippen molar-refractivity contribution in [3.05, 3.63) is 29.8 Å². The first-order valence-corrected chi connectivity index (χ1v) is 12.2. The van der Waals surface area contributed by atoms with Crippen molar-refractivity contribution in [3.8, 4) is 0 Å². The SMILES string of the molecule is Cc1cccc(S(=O)(=O)N(CCC(=O)N2CCNCC2)CCN2CCCCC2)c1. The number of amides is 1. The zero-order chi connectivity index (χ0) is 20.7. The summed E-state index contributed by atoms with van der Waals surface area (Å²) < 4.78 is 28.1. The lowest BCUT2D eigenvalue weighted by Gasteiger charge is -2.31. The van der Waals surface area contributed by atoms with Crippen molar-refractivity contribution in [3.63, 3.8) is 0 Å². The highest BCUT2D eigenvalue weighted by Crippen LogP contribution is 2.18. The highest BCUT2D eigenvalue weighted by molar-refractivity contribution is 7.89. The van der Waals surface area contributed by atoms with E-state index in [-0.39, 0.29) is 18.9 Å². The molecule has 2 fully saturated rings. The lowest BCUT2D eigenvalue weighted by molar-refractivity contribution is -0.131. The van der Waals surface area contributed by atoms with Crippen LogP contribution >= 0.6 is 0 Å². The molecule has 29 heavy (non-hydrogen) atoms. The van der Waals surface area contributed by atoms with E-state index in [2.05, 4.69) is 10.2 Å². The van der Waals surface area contributed by atoms with Gasteiger partial charge in [-0.1, -0.05) is 18.6 Å². The van der Waals surface area contributed by atoms with E-state index in [0.29, 0.717) is 31.1 Å². The maximum absolute atomic E-state index is 13.3. The Bertz CT molecular complexity index is 772. The van der Waals surface area contributed by atoms with Crippen LogP contribution in [0.3, 0.4) is 0 Å². The molecule has 3 rings (SSSR count). The molecule has 0 unspecified atom stereocenters. The predicted octanol–water partition coefficient (Wildman–Crippen LogP) is 1.29. The van der Waals surface area contributed by atoms with Crippen LogP contribution in [0.25, 0.3) is 0 Å². The molecular weight excluding hydrogens is 388 g/mol. The summed E-state index contributed by atoms with van der Waals surface area (Å²) in [6.07, 6.45) is 3.82. The molecule has 1 aromatic carbocycles. The minimum Gasteiger partial charge on any atom is -0.340 e. The minimum atomic E-state index is -3.63. The summed E-state index contributed by atoms with van der Waals surface area (Å²) >= 11 is 0. The molecule has 0 spiro atoms. The van der Waals surface area contributed by atoms with Gasteiger partial charge in [-0.2, -0.15) is 4.31 Å². The molecule has 162 valence electrons. The van der Waals surface area contributed by atoms with E-state index < -0.39 is 10.0 Å². The summed E-state index contributed by atoms with van der Waals surface area (Å²) in [5, 5.41) is 3.24. The first-order chi connectivity index (χ1) is 14.0. The number of benzene rings is 1.